The molecule has 1 rings (SSSR count). The van der Waals surface area contributed by atoms with Gasteiger partial charge in [0, 0.05) is 12.7 Å². The number of pyridine rings is 1. The Labute approximate surface area is 96.5 Å². The minimum absolute atomic E-state index is 0.0668. The third kappa shape index (κ3) is 4.29. The van der Waals surface area contributed by atoms with Gasteiger partial charge in [0.1, 0.15) is 0 Å². The molecule has 16 heavy (non-hydrogen) atoms. The first kappa shape index (κ1) is 12.5. The molecule has 0 aromatic carbocycles. The van der Waals surface area contributed by atoms with Gasteiger partial charge in [-0.1, -0.05) is 19.4 Å². The quantitative estimate of drug-likeness (QED) is 0.749. The molecule has 0 saturated heterocycles. The fourth-order valence-corrected chi connectivity index (χ4v) is 1.33. The maximum absolute atomic E-state index is 11.5. The lowest BCUT2D eigenvalue weighted by molar-refractivity contribution is 0.237. The molecule has 0 bridgehead atoms. The van der Waals surface area contributed by atoms with Crippen LogP contribution in [0.2, 0.25) is 0 Å². The van der Waals surface area contributed by atoms with E-state index in [0.29, 0.717) is 0 Å². The molecule has 2 N–H and O–H groups in total. The first-order valence-corrected chi connectivity index (χ1v) is 5.69. The van der Waals surface area contributed by atoms with Crippen molar-refractivity contribution in [2.45, 2.75) is 32.7 Å². The summed E-state index contributed by atoms with van der Waals surface area (Å²) in [5, 5.41) is 5.65. The second-order valence-corrected chi connectivity index (χ2v) is 3.73. The molecule has 0 unspecified atom stereocenters. The summed E-state index contributed by atoms with van der Waals surface area (Å²) in [6.07, 6.45) is 3.81. The SMILES string of the molecule is CCCCNC(=O)N[C@H](C)c1ccccn1. The highest BCUT2D eigenvalue weighted by Crippen LogP contribution is 2.06. The second kappa shape index (κ2) is 6.82. The zero-order valence-corrected chi connectivity index (χ0v) is 9.86. The molecule has 0 aliphatic heterocycles. The van der Waals surface area contributed by atoms with Gasteiger partial charge in [0.05, 0.1) is 11.7 Å². The van der Waals surface area contributed by atoms with Crippen molar-refractivity contribution in [1.29, 1.82) is 0 Å². The Morgan fingerprint density at radius 1 is 1.50 bits per heavy atom. The van der Waals surface area contributed by atoms with Crippen LogP contribution < -0.4 is 10.6 Å². The summed E-state index contributed by atoms with van der Waals surface area (Å²) in [7, 11) is 0. The summed E-state index contributed by atoms with van der Waals surface area (Å²) >= 11 is 0. The molecule has 1 aromatic rings. The molecule has 4 nitrogen and oxygen atoms in total. The van der Waals surface area contributed by atoms with Crippen LogP contribution in [0.15, 0.2) is 24.4 Å². The Bertz CT molecular complexity index is 313. The van der Waals surface area contributed by atoms with Crippen molar-refractivity contribution < 1.29 is 4.79 Å². The number of hydrogen-bond acceptors (Lipinski definition) is 2. The van der Waals surface area contributed by atoms with Crippen LogP contribution in [-0.4, -0.2) is 17.6 Å². The molecular formula is C12H19N3O. The zero-order chi connectivity index (χ0) is 11.8. The Balaban J connectivity index is 2.34. The summed E-state index contributed by atoms with van der Waals surface area (Å²) in [5.74, 6) is 0. The second-order valence-electron chi connectivity index (χ2n) is 3.73. The molecule has 2 amide bonds. The van der Waals surface area contributed by atoms with Crippen LogP contribution >= 0.6 is 0 Å². The summed E-state index contributed by atoms with van der Waals surface area (Å²) in [5.41, 5.74) is 0.869. The minimum atomic E-state index is -0.133. The molecule has 1 heterocycles. The van der Waals surface area contributed by atoms with Gasteiger partial charge in [-0.25, -0.2) is 4.79 Å². The van der Waals surface area contributed by atoms with Gasteiger partial charge in [0.2, 0.25) is 0 Å². The van der Waals surface area contributed by atoms with E-state index < -0.39 is 0 Å². The van der Waals surface area contributed by atoms with Gasteiger partial charge < -0.3 is 10.6 Å². The van der Waals surface area contributed by atoms with Crippen LogP contribution in [0.25, 0.3) is 0 Å². The highest BCUT2D eigenvalue weighted by molar-refractivity contribution is 5.74. The summed E-state index contributed by atoms with van der Waals surface area (Å²) in [6.45, 7) is 4.73. The minimum Gasteiger partial charge on any atom is -0.338 e. The predicted octanol–water partition coefficient (Wildman–Crippen LogP) is 2.24. The van der Waals surface area contributed by atoms with Gasteiger partial charge in [-0.05, 0) is 25.5 Å². The third-order valence-corrected chi connectivity index (χ3v) is 2.29. The Morgan fingerprint density at radius 3 is 2.94 bits per heavy atom. The molecule has 0 radical (unpaired) electrons. The molecular weight excluding hydrogens is 202 g/mol. The van der Waals surface area contributed by atoms with Crippen LogP contribution in [-0.2, 0) is 0 Å². The van der Waals surface area contributed by atoms with Gasteiger partial charge in [-0.15, -0.1) is 0 Å². The van der Waals surface area contributed by atoms with Crippen LogP contribution in [0.5, 0.6) is 0 Å². The number of hydrogen-bond donors (Lipinski definition) is 2. The van der Waals surface area contributed by atoms with E-state index in [-0.39, 0.29) is 12.1 Å². The van der Waals surface area contributed by atoms with Crippen LogP contribution in [0.3, 0.4) is 0 Å². The predicted molar refractivity (Wildman–Crippen MR) is 64.1 cm³/mol. The van der Waals surface area contributed by atoms with Crippen molar-refractivity contribution in [2.75, 3.05) is 6.54 Å². The number of nitrogens with one attached hydrogen (secondary N) is 2. The topological polar surface area (TPSA) is 54.0 Å². The third-order valence-electron chi connectivity index (χ3n) is 2.29. The lowest BCUT2D eigenvalue weighted by Gasteiger charge is -2.13. The summed E-state index contributed by atoms with van der Waals surface area (Å²) < 4.78 is 0. The molecule has 0 fully saturated rings. The number of aromatic nitrogens is 1. The van der Waals surface area contributed by atoms with E-state index >= 15 is 0 Å². The van der Waals surface area contributed by atoms with E-state index in [1.54, 1.807) is 6.20 Å². The molecule has 0 aliphatic carbocycles. The fourth-order valence-electron chi connectivity index (χ4n) is 1.33. The van der Waals surface area contributed by atoms with Crippen molar-refractivity contribution in [3.63, 3.8) is 0 Å². The Morgan fingerprint density at radius 2 is 2.31 bits per heavy atom. The standard InChI is InChI=1S/C12H19N3O/c1-3-4-8-14-12(16)15-10(2)11-7-5-6-9-13-11/h5-7,9-10H,3-4,8H2,1-2H3,(H2,14,15,16)/t10-/m1/s1. The molecule has 0 aliphatic rings. The number of carbonyl (C=O) groups excluding carboxylic acids is 1. The van der Waals surface area contributed by atoms with Crippen LogP contribution in [0.1, 0.15) is 38.4 Å². The van der Waals surface area contributed by atoms with Crippen LogP contribution in [0, 0.1) is 0 Å². The van der Waals surface area contributed by atoms with Crippen LogP contribution in [0.4, 0.5) is 4.79 Å². The van der Waals surface area contributed by atoms with E-state index in [2.05, 4.69) is 22.5 Å². The van der Waals surface area contributed by atoms with E-state index in [9.17, 15) is 4.79 Å². The maximum Gasteiger partial charge on any atom is 0.315 e. The van der Waals surface area contributed by atoms with E-state index in [1.807, 2.05) is 25.1 Å². The maximum atomic E-state index is 11.5. The lowest BCUT2D eigenvalue weighted by atomic mass is 10.2. The average Bonchev–Trinajstić information content (AvgIpc) is 2.30. The lowest BCUT2D eigenvalue weighted by Crippen LogP contribution is -2.37. The monoisotopic (exact) mass is 221 g/mol. The first-order valence-electron chi connectivity index (χ1n) is 5.69. The largest absolute Gasteiger partial charge is 0.338 e. The van der Waals surface area contributed by atoms with Gasteiger partial charge >= 0.3 is 6.03 Å². The molecule has 1 atom stereocenters. The fraction of sp³-hybridized carbons (Fsp3) is 0.500. The number of carbonyl (C=O) groups is 1. The average molecular weight is 221 g/mol. The van der Waals surface area contributed by atoms with Crippen molar-refractivity contribution in [1.82, 2.24) is 15.6 Å². The summed E-state index contributed by atoms with van der Waals surface area (Å²) in [4.78, 5) is 15.6. The zero-order valence-electron chi connectivity index (χ0n) is 9.86. The van der Waals surface area contributed by atoms with Crippen molar-refractivity contribution >= 4 is 6.03 Å². The van der Waals surface area contributed by atoms with Gasteiger partial charge in [-0.3, -0.25) is 4.98 Å². The molecule has 88 valence electrons. The number of amides is 2. The normalized spacial score (nSPS) is 11.9. The van der Waals surface area contributed by atoms with Crippen molar-refractivity contribution in [3.05, 3.63) is 30.1 Å². The van der Waals surface area contributed by atoms with Gasteiger partial charge in [-0.2, -0.15) is 0 Å². The number of nitrogens with zero attached hydrogens (tertiary/aromatic N) is 1. The molecule has 4 heteroatoms. The van der Waals surface area contributed by atoms with Crippen molar-refractivity contribution in [2.24, 2.45) is 0 Å². The number of unbranched alkanes of at least 4 members (excludes halogenated alkanes) is 1. The van der Waals surface area contributed by atoms with E-state index in [0.717, 1.165) is 25.1 Å². The first-order chi connectivity index (χ1) is 7.74. The molecule has 0 spiro atoms. The molecule has 0 saturated carbocycles. The Kier molecular flexibility index (Phi) is 5.32. The van der Waals surface area contributed by atoms with Gasteiger partial charge in [0.25, 0.3) is 0 Å². The van der Waals surface area contributed by atoms with Crippen molar-refractivity contribution in [3.8, 4) is 0 Å². The highest BCUT2D eigenvalue weighted by atomic mass is 16.2. The van der Waals surface area contributed by atoms with Gasteiger partial charge in [0.15, 0.2) is 0 Å². The Hall–Kier alpha value is -1.58. The summed E-state index contributed by atoms with van der Waals surface area (Å²) in [6, 6.07) is 5.47. The smallest absolute Gasteiger partial charge is 0.315 e. The number of urea groups is 1. The highest BCUT2D eigenvalue weighted by Gasteiger charge is 2.08. The number of rotatable bonds is 5. The van der Waals surface area contributed by atoms with E-state index in [1.165, 1.54) is 0 Å². The van der Waals surface area contributed by atoms with E-state index in [4.69, 9.17) is 0 Å². The molecule has 1 aromatic heterocycles.